The molecule has 3 N–H and O–H groups in total. The Labute approximate surface area is 89.5 Å². The van der Waals surface area contributed by atoms with Crippen LogP contribution in [0.2, 0.25) is 0 Å². The van der Waals surface area contributed by atoms with Crippen LogP contribution in [0.4, 0.5) is 0 Å². The van der Waals surface area contributed by atoms with Gasteiger partial charge >= 0.3 is 0 Å². The molecule has 0 aliphatic heterocycles. The van der Waals surface area contributed by atoms with Gasteiger partial charge in [0.25, 0.3) is 0 Å². The summed E-state index contributed by atoms with van der Waals surface area (Å²) in [4.78, 5) is 19.7. The molecule has 0 saturated heterocycles. The number of hydrogen-bond donors (Lipinski definition) is 2. The van der Waals surface area contributed by atoms with E-state index in [0.29, 0.717) is 6.54 Å². The van der Waals surface area contributed by atoms with Crippen LogP contribution in [-0.4, -0.2) is 11.8 Å². The van der Waals surface area contributed by atoms with Crippen molar-refractivity contribution in [3.8, 4) is 0 Å². The van der Waals surface area contributed by atoms with Gasteiger partial charge in [0.05, 0.1) is 0 Å². The zero-order valence-electron chi connectivity index (χ0n) is 8.99. The summed E-state index contributed by atoms with van der Waals surface area (Å²) in [5.41, 5.74) is 5.60. The Balaban J connectivity index is 0.000000423. The highest BCUT2D eigenvalue weighted by atomic mass is 16.1. The minimum atomic E-state index is -0.333. The molecule has 1 rings (SSSR count). The maximum absolute atomic E-state index is 10.5. The summed E-state index contributed by atoms with van der Waals surface area (Å²) >= 11 is 0. The Morgan fingerprint density at radius 1 is 1.20 bits per heavy atom. The molecule has 4 heteroatoms. The lowest BCUT2D eigenvalue weighted by molar-refractivity contribution is -0.119. The SMILES string of the molecule is CC(=O)NCc1ccccc1.CC(N)=O. The van der Waals surface area contributed by atoms with Crippen molar-refractivity contribution in [3.63, 3.8) is 0 Å². The lowest BCUT2D eigenvalue weighted by Gasteiger charge is -2.00. The largest absolute Gasteiger partial charge is 0.370 e. The Hall–Kier alpha value is -1.84. The topological polar surface area (TPSA) is 72.2 Å². The summed E-state index contributed by atoms with van der Waals surface area (Å²) in [6, 6.07) is 9.83. The molecule has 0 spiro atoms. The lowest BCUT2D eigenvalue weighted by atomic mass is 10.2. The van der Waals surface area contributed by atoms with Crippen LogP contribution in [0.25, 0.3) is 0 Å². The summed E-state index contributed by atoms with van der Waals surface area (Å²) in [5.74, 6) is -0.325. The van der Waals surface area contributed by atoms with Crippen LogP contribution in [0.1, 0.15) is 19.4 Å². The van der Waals surface area contributed by atoms with Gasteiger partial charge < -0.3 is 11.1 Å². The summed E-state index contributed by atoms with van der Waals surface area (Å²) < 4.78 is 0. The van der Waals surface area contributed by atoms with Crippen LogP contribution >= 0.6 is 0 Å². The Morgan fingerprint density at radius 2 is 1.67 bits per heavy atom. The second kappa shape index (κ2) is 7.55. The highest BCUT2D eigenvalue weighted by Gasteiger charge is 1.91. The van der Waals surface area contributed by atoms with Crippen LogP contribution < -0.4 is 11.1 Å². The summed E-state index contributed by atoms with van der Waals surface area (Å²) in [7, 11) is 0. The number of nitrogens with one attached hydrogen (secondary N) is 1. The second-order valence-corrected chi connectivity index (χ2v) is 3.01. The highest BCUT2D eigenvalue weighted by molar-refractivity contribution is 5.72. The van der Waals surface area contributed by atoms with Crippen molar-refractivity contribution in [2.24, 2.45) is 5.73 Å². The smallest absolute Gasteiger partial charge is 0.217 e. The van der Waals surface area contributed by atoms with E-state index in [9.17, 15) is 9.59 Å². The van der Waals surface area contributed by atoms with Crippen LogP contribution in [0.15, 0.2) is 30.3 Å². The van der Waals surface area contributed by atoms with Crippen molar-refractivity contribution < 1.29 is 9.59 Å². The molecule has 4 nitrogen and oxygen atoms in total. The van der Waals surface area contributed by atoms with Crippen LogP contribution in [0.3, 0.4) is 0 Å². The van der Waals surface area contributed by atoms with Gasteiger partial charge in [0.2, 0.25) is 11.8 Å². The average molecular weight is 208 g/mol. The van der Waals surface area contributed by atoms with E-state index in [0.717, 1.165) is 5.56 Å². The predicted molar refractivity (Wildman–Crippen MR) is 58.8 cm³/mol. The number of nitrogens with two attached hydrogens (primary N) is 1. The Bertz CT molecular complexity index is 306. The van der Waals surface area contributed by atoms with E-state index in [-0.39, 0.29) is 11.8 Å². The quantitative estimate of drug-likeness (QED) is 0.755. The minimum absolute atomic E-state index is 0.00820. The van der Waals surface area contributed by atoms with E-state index in [2.05, 4.69) is 11.1 Å². The first-order chi connectivity index (χ1) is 7.02. The van der Waals surface area contributed by atoms with Crippen molar-refractivity contribution in [2.45, 2.75) is 20.4 Å². The molecule has 82 valence electrons. The van der Waals surface area contributed by atoms with Gasteiger partial charge in [-0.25, -0.2) is 0 Å². The molecule has 1 aromatic carbocycles. The van der Waals surface area contributed by atoms with Gasteiger partial charge in [0.1, 0.15) is 0 Å². The van der Waals surface area contributed by atoms with E-state index in [1.165, 1.54) is 13.8 Å². The molecular formula is C11H16N2O2. The number of hydrogen-bond acceptors (Lipinski definition) is 2. The first kappa shape index (κ1) is 13.2. The highest BCUT2D eigenvalue weighted by Crippen LogP contribution is 1.96. The van der Waals surface area contributed by atoms with Gasteiger partial charge in [-0.1, -0.05) is 30.3 Å². The molecule has 15 heavy (non-hydrogen) atoms. The number of carbonyl (C=O) groups excluding carboxylic acids is 2. The molecule has 0 saturated carbocycles. The predicted octanol–water partition coefficient (Wildman–Crippen LogP) is 0.814. The van der Waals surface area contributed by atoms with Crippen LogP contribution in [0.5, 0.6) is 0 Å². The molecule has 0 bridgehead atoms. The number of rotatable bonds is 2. The van der Waals surface area contributed by atoms with E-state index >= 15 is 0 Å². The first-order valence-electron chi connectivity index (χ1n) is 4.56. The number of benzene rings is 1. The molecule has 1 aromatic rings. The van der Waals surface area contributed by atoms with E-state index in [1.54, 1.807) is 0 Å². The molecule has 0 atom stereocenters. The third kappa shape index (κ3) is 10.1. The summed E-state index contributed by atoms with van der Waals surface area (Å²) in [6.45, 7) is 3.44. The molecule has 0 aliphatic carbocycles. The Kier molecular flexibility index (Phi) is 6.63. The third-order valence-corrected chi connectivity index (χ3v) is 1.38. The zero-order valence-corrected chi connectivity index (χ0v) is 8.99. The van der Waals surface area contributed by atoms with Crippen molar-refractivity contribution in [3.05, 3.63) is 35.9 Å². The fraction of sp³-hybridized carbons (Fsp3) is 0.273. The second-order valence-electron chi connectivity index (χ2n) is 3.01. The molecule has 0 aliphatic rings. The average Bonchev–Trinajstić information content (AvgIpc) is 2.15. The summed E-state index contributed by atoms with van der Waals surface area (Å²) in [5, 5.41) is 2.72. The zero-order chi connectivity index (χ0) is 11.7. The van der Waals surface area contributed by atoms with Gasteiger partial charge in [-0.15, -0.1) is 0 Å². The molecular weight excluding hydrogens is 192 g/mol. The van der Waals surface area contributed by atoms with Gasteiger partial charge in [-0.05, 0) is 5.56 Å². The maximum Gasteiger partial charge on any atom is 0.217 e. The molecule has 0 unspecified atom stereocenters. The Morgan fingerprint density at radius 3 is 2.07 bits per heavy atom. The molecule has 2 amide bonds. The first-order valence-corrected chi connectivity index (χ1v) is 4.56. The van der Waals surface area contributed by atoms with Gasteiger partial charge in [-0.3, -0.25) is 9.59 Å². The fourth-order valence-electron chi connectivity index (χ4n) is 0.822. The van der Waals surface area contributed by atoms with E-state index < -0.39 is 0 Å². The standard InChI is InChI=1S/C9H11NO.C2H5NO/c1-8(11)10-7-9-5-3-2-4-6-9;1-2(3)4/h2-6H,7H2,1H3,(H,10,11);1H3,(H2,3,4). The van der Waals surface area contributed by atoms with Crippen LogP contribution in [-0.2, 0) is 16.1 Å². The minimum Gasteiger partial charge on any atom is -0.370 e. The van der Waals surface area contributed by atoms with Crippen LogP contribution in [0, 0.1) is 0 Å². The van der Waals surface area contributed by atoms with Gasteiger partial charge in [0, 0.05) is 20.4 Å². The molecule has 0 aromatic heterocycles. The molecule has 0 fully saturated rings. The van der Waals surface area contributed by atoms with E-state index in [1.807, 2.05) is 30.3 Å². The van der Waals surface area contributed by atoms with Crippen molar-refractivity contribution >= 4 is 11.8 Å². The van der Waals surface area contributed by atoms with Gasteiger partial charge in [-0.2, -0.15) is 0 Å². The fourth-order valence-corrected chi connectivity index (χ4v) is 0.822. The molecule has 0 heterocycles. The maximum atomic E-state index is 10.5. The van der Waals surface area contributed by atoms with E-state index in [4.69, 9.17) is 0 Å². The van der Waals surface area contributed by atoms with Crippen molar-refractivity contribution in [2.75, 3.05) is 0 Å². The normalized spacial score (nSPS) is 8.40. The van der Waals surface area contributed by atoms with Crippen molar-refractivity contribution in [1.29, 1.82) is 0 Å². The molecule has 0 radical (unpaired) electrons. The van der Waals surface area contributed by atoms with Gasteiger partial charge in [0.15, 0.2) is 0 Å². The number of primary amides is 1. The lowest BCUT2D eigenvalue weighted by Crippen LogP contribution is -2.18. The monoisotopic (exact) mass is 208 g/mol. The number of amides is 2. The summed E-state index contributed by atoms with van der Waals surface area (Å²) in [6.07, 6.45) is 0. The third-order valence-electron chi connectivity index (χ3n) is 1.38. The number of carbonyl (C=O) groups is 2. The van der Waals surface area contributed by atoms with Crippen molar-refractivity contribution in [1.82, 2.24) is 5.32 Å².